The molecular formula is C12H14N2O3S. The van der Waals surface area contributed by atoms with E-state index in [1.165, 1.54) is 0 Å². The Balaban J connectivity index is 1.88. The molecule has 0 unspecified atom stereocenters. The first kappa shape index (κ1) is 11.7. The molecule has 0 saturated carbocycles. The summed E-state index contributed by atoms with van der Waals surface area (Å²) >= 11 is 1.62. The largest absolute Gasteiger partial charge is 0.481 e. The lowest BCUT2D eigenvalue weighted by molar-refractivity contribution is -0.137. The monoisotopic (exact) mass is 266 g/mol. The maximum Gasteiger partial charge on any atom is 0.303 e. The number of thiazole rings is 1. The van der Waals surface area contributed by atoms with Gasteiger partial charge in [0.1, 0.15) is 0 Å². The molecule has 18 heavy (non-hydrogen) atoms. The van der Waals surface area contributed by atoms with Gasteiger partial charge in [-0.1, -0.05) is 0 Å². The number of nitrogens with zero attached hydrogens (tertiary/aromatic N) is 2. The number of aliphatic carboxylic acids is 1. The van der Waals surface area contributed by atoms with E-state index in [4.69, 9.17) is 9.84 Å². The van der Waals surface area contributed by atoms with E-state index in [2.05, 4.69) is 14.8 Å². The predicted octanol–water partition coefficient (Wildman–Crippen LogP) is 1.88. The summed E-state index contributed by atoms with van der Waals surface area (Å²) in [5.74, 6) is -0.738. The smallest absolute Gasteiger partial charge is 0.303 e. The van der Waals surface area contributed by atoms with Crippen molar-refractivity contribution in [1.82, 2.24) is 9.38 Å². The van der Waals surface area contributed by atoms with Gasteiger partial charge in [0.25, 0.3) is 0 Å². The van der Waals surface area contributed by atoms with Gasteiger partial charge in [0.2, 0.25) is 0 Å². The molecule has 0 saturated heterocycles. The minimum Gasteiger partial charge on any atom is -0.481 e. The van der Waals surface area contributed by atoms with Crippen LogP contribution in [0.5, 0.6) is 0 Å². The Labute approximate surface area is 108 Å². The number of carboxylic acid groups (broad SMARTS) is 1. The molecular weight excluding hydrogens is 252 g/mol. The minimum absolute atomic E-state index is 0.213. The van der Waals surface area contributed by atoms with Crippen LogP contribution in [0.2, 0.25) is 0 Å². The molecule has 2 aromatic rings. The van der Waals surface area contributed by atoms with E-state index in [1.807, 2.05) is 0 Å². The normalized spacial score (nSPS) is 14.9. The first-order valence-corrected chi connectivity index (χ1v) is 6.90. The van der Waals surface area contributed by atoms with Gasteiger partial charge in [-0.15, -0.1) is 11.3 Å². The summed E-state index contributed by atoms with van der Waals surface area (Å²) in [4.78, 5) is 16.1. The average Bonchev–Trinajstić information content (AvgIpc) is 2.88. The number of rotatable bonds is 4. The molecule has 0 aliphatic carbocycles. The van der Waals surface area contributed by atoms with Gasteiger partial charge in [-0.05, 0) is 12.8 Å². The molecule has 3 heterocycles. The van der Waals surface area contributed by atoms with Gasteiger partial charge in [-0.3, -0.25) is 9.20 Å². The molecule has 0 radical (unpaired) electrons. The van der Waals surface area contributed by atoms with E-state index in [1.54, 1.807) is 11.3 Å². The summed E-state index contributed by atoms with van der Waals surface area (Å²) in [7, 11) is 0. The number of aryl methyl sites for hydroxylation is 1. The van der Waals surface area contributed by atoms with E-state index in [0.717, 1.165) is 41.5 Å². The molecule has 3 rings (SSSR count). The summed E-state index contributed by atoms with van der Waals surface area (Å²) < 4.78 is 7.62. The highest BCUT2D eigenvalue weighted by atomic mass is 32.1. The Kier molecular flexibility index (Phi) is 3.05. The van der Waals surface area contributed by atoms with E-state index >= 15 is 0 Å². The molecule has 0 fully saturated rings. The zero-order valence-corrected chi connectivity index (χ0v) is 10.7. The topological polar surface area (TPSA) is 63.8 Å². The molecule has 0 spiro atoms. The van der Waals surface area contributed by atoms with Crippen LogP contribution in [0.25, 0.3) is 4.96 Å². The van der Waals surface area contributed by atoms with Crippen molar-refractivity contribution in [2.24, 2.45) is 0 Å². The first-order chi connectivity index (χ1) is 8.75. The van der Waals surface area contributed by atoms with Gasteiger partial charge >= 0.3 is 5.97 Å². The van der Waals surface area contributed by atoms with Gasteiger partial charge in [0.05, 0.1) is 24.6 Å². The van der Waals surface area contributed by atoms with Crippen LogP contribution in [-0.4, -0.2) is 27.1 Å². The number of ether oxygens (including phenoxy) is 1. The number of carboxylic acids is 1. The standard InChI is InChI=1S/C12H14N2O3S/c15-11(16)3-1-2-8-7-18-12-13-9-4-5-17-6-10(9)14(8)12/h7H,1-6H2,(H,15,16). The van der Waals surface area contributed by atoms with Gasteiger partial charge in [-0.2, -0.15) is 0 Å². The summed E-state index contributed by atoms with van der Waals surface area (Å²) in [5, 5.41) is 10.7. The lowest BCUT2D eigenvalue weighted by Gasteiger charge is -2.12. The number of aromatic nitrogens is 2. The Morgan fingerprint density at radius 1 is 1.61 bits per heavy atom. The van der Waals surface area contributed by atoms with Crippen molar-refractivity contribution in [3.05, 3.63) is 22.5 Å². The molecule has 96 valence electrons. The van der Waals surface area contributed by atoms with Crippen LogP contribution >= 0.6 is 11.3 Å². The van der Waals surface area contributed by atoms with Crippen molar-refractivity contribution in [3.63, 3.8) is 0 Å². The van der Waals surface area contributed by atoms with E-state index in [-0.39, 0.29) is 6.42 Å². The summed E-state index contributed by atoms with van der Waals surface area (Å²) in [6.45, 7) is 1.35. The average molecular weight is 266 g/mol. The van der Waals surface area contributed by atoms with Crippen LogP contribution in [0.1, 0.15) is 29.9 Å². The summed E-state index contributed by atoms with van der Waals surface area (Å²) in [5.41, 5.74) is 3.42. The van der Waals surface area contributed by atoms with Crippen molar-refractivity contribution in [2.75, 3.05) is 6.61 Å². The van der Waals surface area contributed by atoms with Crippen LogP contribution in [0.3, 0.4) is 0 Å². The van der Waals surface area contributed by atoms with Gasteiger partial charge in [0, 0.05) is 23.9 Å². The molecule has 1 aliphatic heterocycles. The molecule has 1 N–H and O–H groups in total. The maximum atomic E-state index is 10.5. The third-order valence-corrected chi connectivity index (χ3v) is 4.03. The van der Waals surface area contributed by atoms with Crippen LogP contribution in [0.15, 0.2) is 5.38 Å². The zero-order valence-electron chi connectivity index (χ0n) is 9.89. The fraction of sp³-hybridized carbons (Fsp3) is 0.500. The Hall–Kier alpha value is -1.40. The van der Waals surface area contributed by atoms with Gasteiger partial charge in [-0.25, -0.2) is 4.98 Å². The highest BCUT2D eigenvalue weighted by Crippen LogP contribution is 2.25. The molecule has 5 nitrogen and oxygen atoms in total. The van der Waals surface area contributed by atoms with Gasteiger partial charge in [0.15, 0.2) is 4.96 Å². The SMILES string of the molecule is O=C(O)CCCc1csc2nc3c(n12)COCC3. The van der Waals surface area contributed by atoms with E-state index in [0.29, 0.717) is 13.0 Å². The number of hydrogen-bond acceptors (Lipinski definition) is 4. The second kappa shape index (κ2) is 4.70. The van der Waals surface area contributed by atoms with Crippen LogP contribution in [-0.2, 0) is 29.0 Å². The minimum atomic E-state index is -0.738. The summed E-state index contributed by atoms with van der Waals surface area (Å²) in [6.07, 6.45) is 2.52. The maximum absolute atomic E-state index is 10.5. The quantitative estimate of drug-likeness (QED) is 0.917. The van der Waals surface area contributed by atoms with Crippen LogP contribution in [0, 0.1) is 0 Å². The highest BCUT2D eigenvalue weighted by molar-refractivity contribution is 7.15. The third-order valence-electron chi connectivity index (χ3n) is 3.16. The Morgan fingerprint density at radius 3 is 3.33 bits per heavy atom. The molecule has 0 amide bonds. The number of carbonyl (C=O) groups is 1. The lowest BCUT2D eigenvalue weighted by atomic mass is 10.2. The fourth-order valence-electron chi connectivity index (χ4n) is 2.30. The Bertz CT molecular complexity index is 587. The highest BCUT2D eigenvalue weighted by Gasteiger charge is 2.19. The molecule has 0 aromatic carbocycles. The molecule has 2 aromatic heterocycles. The lowest BCUT2D eigenvalue weighted by Crippen LogP contribution is -2.11. The van der Waals surface area contributed by atoms with Gasteiger partial charge < -0.3 is 9.84 Å². The fourth-order valence-corrected chi connectivity index (χ4v) is 3.26. The molecule has 0 atom stereocenters. The van der Waals surface area contributed by atoms with Crippen molar-refractivity contribution in [2.45, 2.75) is 32.3 Å². The van der Waals surface area contributed by atoms with Crippen molar-refractivity contribution in [1.29, 1.82) is 0 Å². The van der Waals surface area contributed by atoms with Crippen molar-refractivity contribution in [3.8, 4) is 0 Å². The van der Waals surface area contributed by atoms with Crippen molar-refractivity contribution < 1.29 is 14.6 Å². The zero-order chi connectivity index (χ0) is 12.5. The second-order valence-electron chi connectivity index (χ2n) is 4.40. The number of imidazole rings is 1. The second-order valence-corrected chi connectivity index (χ2v) is 5.24. The number of fused-ring (bicyclic) bond motifs is 3. The summed E-state index contributed by atoms with van der Waals surface area (Å²) in [6, 6.07) is 0. The molecule has 1 aliphatic rings. The third kappa shape index (κ3) is 2.02. The predicted molar refractivity (Wildman–Crippen MR) is 67.0 cm³/mol. The van der Waals surface area contributed by atoms with E-state index < -0.39 is 5.97 Å². The van der Waals surface area contributed by atoms with E-state index in [9.17, 15) is 4.79 Å². The van der Waals surface area contributed by atoms with Crippen molar-refractivity contribution >= 4 is 22.3 Å². The number of hydrogen-bond donors (Lipinski definition) is 1. The van der Waals surface area contributed by atoms with Crippen LogP contribution in [0.4, 0.5) is 0 Å². The molecule has 0 bridgehead atoms. The molecule has 6 heteroatoms. The van der Waals surface area contributed by atoms with Crippen LogP contribution < -0.4 is 0 Å². The first-order valence-electron chi connectivity index (χ1n) is 6.02. The Morgan fingerprint density at radius 2 is 2.50 bits per heavy atom.